The molecular formula is C37H57N3O5S. The lowest BCUT2D eigenvalue weighted by molar-refractivity contribution is -0.248. The van der Waals surface area contributed by atoms with E-state index < -0.39 is 11.4 Å². The number of rotatable bonds is 8. The number of carboxylic acids is 1. The van der Waals surface area contributed by atoms with Gasteiger partial charge < -0.3 is 15.2 Å². The number of aliphatic carboxylic acids is 1. The summed E-state index contributed by atoms with van der Waals surface area (Å²) in [6.45, 7) is 16.1. The molecule has 0 aromatic carbocycles. The number of aromatic nitrogens is 2. The molecule has 1 amide bonds. The van der Waals surface area contributed by atoms with E-state index in [2.05, 4.69) is 50.1 Å². The topological polar surface area (TPSA) is 118 Å². The van der Waals surface area contributed by atoms with E-state index in [4.69, 9.17) is 4.74 Å². The molecule has 5 fully saturated rings. The molecule has 46 heavy (non-hydrogen) atoms. The summed E-state index contributed by atoms with van der Waals surface area (Å²) in [5, 5.41) is 21.6. The van der Waals surface area contributed by atoms with Crippen molar-refractivity contribution in [2.75, 3.05) is 0 Å². The maximum absolute atomic E-state index is 13.3. The van der Waals surface area contributed by atoms with Gasteiger partial charge >= 0.3 is 11.9 Å². The van der Waals surface area contributed by atoms with Gasteiger partial charge in [0.05, 0.1) is 18.4 Å². The minimum Gasteiger partial charge on any atom is -0.481 e. The lowest BCUT2D eigenvalue weighted by atomic mass is 9.32. The largest absolute Gasteiger partial charge is 0.481 e. The molecule has 0 saturated heterocycles. The fourth-order valence-electron chi connectivity index (χ4n) is 12.7. The zero-order valence-corrected chi connectivity index (χ0v) is 30.1. The Kier molecular flexibility index (Phi) is 8.50. The normalized spacial score (nSPS) is 41.3. The molecule has 0 aliphatic heterocycles. The van der Waals surface area contributed by atoms with Crippen LogP contribution < -0.4 is 5.32 Å². The Bertz CT molecular complexity index is 1350. The molecule has 6 rings (SSSR count). The number of carboxylic acid groups (broad SMARTS) is 1. The molecule has 1 heterocycles. The van der Waals surface area contributed by atoms with E-state index in [9.17, 15) is 19.5 Å². The highest BCUT2D eigenvalue weighted by atomic mass is 32.1. The molecule has 0 bridgehead atoms. The predicted molar refractivity (Wildman–Crippen MR) is 178 cm³/mol. The van der Waals surface area contributed by atoms with Crippen LogP contribution in [0.1, 0.15) is 137 Å². The minimum absolute atomic E-state index is 0.106. The van der Waals surface area contributed by atoms with E-state index in [0.717, 1.165) is 30.7 Å². The Morgan fingerprint density at radius 2 is 1.70 bits per heavy atom. The highest BCUT2D eigenvalue weighted by Gasteiger charge is 2.70. The van der Waals surface area contributed by atoms with Crippen LogP contribution in [0.3, 0.4) is 0 Å². The molecule has 5 aliphatic carbocycles. The van der Waals surface area contributed by atoms with E-state index in [1.165, 1.54) is 56.3 Å². The Balaban J connectivity index is 1.18. The number of hydrogen-bond donors (Lipinski definition) is 2. The summed E-state index contributed by atoms with van der Waals surface area (Å²) in [4.78, 5) is 38.0. The van der Waals surface area contributed by atoms with Crippen LogP contribution in [0.4, 0.5) is 0 Å². The summed E-state index contributed by atoms with van der Waals surface area (Å²) in [5.41, 5.74) is 1.19. The number of nitrogens with zero attached hydrogens (tertiary/aromatic N) is 2. The first-order valence-corrected chi connectivity index (χ1v) is 18.8. The third-order valence-electron chi connectivity index (χ3n) is 15.3. The van der Waals surface area contributed by atoms with Crippen molar-refractivity contribution in [1.29, 1.82) is 0 Å². The first-order chi connectivity index (χ1) is 21.5. The zero-order valence-electron chi connectivity index (χ0n) is 29.2. The molecule has 9 heteroatoms. The number of carbonyl (C=O) groups is 3. The molecular weight excluding hydrogens is 598 g/mol. The van der Waals surface area contributed by atoms with Gasteiger partial charge in [-0.1, -0.05) is 41.0 Å². The van der Waals surface area contributed by atoms with Crippen LogP contribution in [0.15, 0.2) is 5.51 Å². The van der Waals surface area contributed by atoms with Crippen LogP contribution in [0.25, 0.3) is 0 Å². The van der Waals surface area contributed by atoms with Gasteiger partial charge in [0.15, 0.2) is 0 Å². The van der Waals surface area contributed by atoms with Crippen molar-refractivity contribution < 1.29 is 24.2 Å². The van der Waals surface area contributed by atoms with Gasteiger partial charge in [0.1, 0.15) is 16.6 Å². The standard InChI is InChI=1S/C37H57N3O5S/c1-32(2,31(43)44)20-30(42)45-27-13-15-34(5)25(33(27,3)4)12-16-36(7)26(34)11-10-23-24-9-8-14-37(24,18-17-35(23,36)6)19-28(41)38-21-29-40-39-22-46-29/h22-27H,8-21H2,1-7H3,(H,38,41)(H,43,44)/t23-,24-,25?,26?,27+,34+,35-,36-,37-/m1/s1. The van der Waals surface area contributed by atoms with Crippen molar-refractivity contribution in [3.63, 3.8) is 0 Å². The summed E-state index contributed by atoms with van der Waals surface area (Å²) in [5.74, 6) is 1.14. The van der Waals surface area contributed by atoms with E-state index in [-0.39, 0.29) is 51.5 Å². The van der Waals surface area contributed by atoms with Gasteiger partial charge in [0.25, 0.3) is 0 Å². The number of amides is 1. The highest BCUT2D eigenvalue weighted by Crippen LogP contribution is 2.77. The maximum atomic E-state index is 13.3. The Morgan fingerprint density at radius 1 is 0.935 bits per heavy atom. The molecule has 1 aromatic rings. The second kappa shape index (κ2) is 11.5. The van der Waals surface area contributed by atoms with Gasteiger partial charge in [0.2, 0.25) is 5.91 Å². The molecule has 1 aromatic heterocycles. The number of fused-ring (bicyclic) bond motifs is 7. The summed E-state index contributed by atoms with van der Waals surface area (Å²) in [7, 11) is 0. The van der Waals surface area contributed by atoms with Crippen molar-refractivity contribution >= 4 is 29.2 Å². The highest BCUT2D eigenvalue weighted by molar-refractivity contribution is 7.09. The van der Waals surface area contributed by atoms with Crippen molar-refractivity contribution in [2.45, 2.75) is 145 Å². The van der Waals surface area contributed by atoms with E-state index >= 15 is 0 Å². The third kappa shape index (κ3) is 5.24. The second-order valence-electron chi connectivity index (χ2n) is 18.0. The molecule has 2 N–H and O–H groups in total. The molecule has 8 nitrogen and oxygen atoms in total. The first kappa shape index (κ1) is 33.9. The fraction of sp³-hybridized carbons (Fsp3) is 0.865. The number of ether oxygens (including phenoxy) is 1. The van der Waals surface area contributed by atoms with E-state index in [1.807, 2.05) is 0 Å². The van der Waals surface area contributed by atoms with Gasteiger partial charge in [-0.2, -0.15) is 0 Å². The predicted octanol–water partition coefficient (Wildman–Crippen LogP) is 7.81. The lowest BCUT2D eigenvalue weighted by Crippen LogP contribution is -2.66. The van der Waals surface area contributed by atoms with Crippen molar-refractivity contribution in [3.8, 4) is 0 Å². The van der Waals surface area contributed by atoms with Crippen LogP contribution in [-0.4, -0.2) is 39.3 Å². The summed E-state index contributed by atoms with van der Waals surface area (Å²) >= 11 is 1.49. The molecule has 5 aliphatic rings. The smallest absolute Gasteiger partial charge is 0.309 e. The van der Waals surface area contributed by atoms with Crippen LogP contribution in [-0.2, 0) is 25.7 Å². The fourth-order valence-corrected chi connectivity index (χ4v) is 13.1. The second-order valence-corrected chi connectivity index (χ2v) is 18.9. The summed E-state index contributed by atoms with van der Waals surface area (Å²) in [6, 6.07) is 0. The minimum atomic E-state index is -1.13. The van der Waals surface area contributed by atoms with Crippen molar-refractivity contribution in [3.05, 3.63) is 10.5 Å². The van der Waals surface area contributed by atoms with E-state index in [1.54, 1.807) is 19.4 Å². The number of carbonyl (C=O) groups excluding carboxylic acids is 2. The monoisotopic (exact) mass is 655 g/mol. The van der Waals surface area contributed by atoms with Gasteiger partial charge in [0, 0.05) is 11.8 Å². The molecule has 256 valence electrons. The van der Waals surface area contributed by atoms with Crippen LogP contribution >= 0.6 is 11.3 Å². The van der Waals surface area contributed by atoms with Gasteiger partial charge in [-0.15, -0.1) is 21.5 Å². The first-order valence-electron chi connectivity index (χ1n) is 17.9. The molecule has 9 atom stereocenters. The van der Waals surface area contributed by atoms with Crippen LogP contribution in [0.5, 0.6) is 0 Å². The Hall–Kier alpha value is -2.03. The van der Waals surface area contributed by atoms with Gasteiger partial charge in [-0.25, -0.2) is 0 Å². The summed E-state index contributed by atoms with van der Waals surface area (Å²) < 4.78 is 6.14. The zero-order chi connectivity index (χ0) is 33.3. The third-order valence-corrected chi connectivity index (χ3v) is 16.0. The molecule has 0 radical (unpaired) electrons. The van der Waals surface area contributed by atoms with E-state index in [0.29, 0.717) is 36.6 Å². The average molecular weight is 656 g/mol. The summed E-state index contributed by atoms with van der Waals surface area (Å²) in [6.07, 6.45) is 13.1. The number of esters is 1. The molecule has 2 unspecified atom stereocenters. The SMILES string of the molecule is CC(C)(CC(=O)O[C@H]1CC[C@@]2(C)C(CC[C@]3(C)C2CC[C@@H]2[C@H]4CCC[C@]4(CC(=O)NCc4nncs4)CC[C@]23C)C1(C)C)C(=O)O. The van der Waals surface area contributed by atoms with Crippen LogP contribution in [0.2, 0.25) is 0 Å². The molecule has 0 spiro atoms. The lowest BCUT2D eigenvalue weighted by Gasteiger charge is -2.72. The van der Waals surface area contributed by atoms with Crippen LogP contribution in [0, 0.1) is 56.2 Å². The van der Waals surface area contributed by atoms with Crippen molar-refractivity contribution in [1.82, 2.24) is 15.5 Å². The average Bonchev–Trinajstić information content (AvgIpc) is 3.64. The van der Waals surface area contributed by atoms with Gasteiger partial charge in [-0.05, 0) is 123 Å². The van der Waals surface area contributed by atoms with Gasteiger partial charge in [-0.3, -0.25) is 14.4 Å². The number of nitrogens with one attached hydrogen (secondary N) is 1. The number of hydrogen-bond acceptors (Lipinski definition) is 7. The Labute approximate surface area is 279 Å². The Morgan fingerprint density at radius 3 is 2.39 bits per heavy atom. The maximum Gasteiger partial charge on any atom is 0.309 e. The quantitative estimate of drug-likeness (QED) is 0.274. The van der Waals surface area contributed by atoms with Crippen molar-refractivity contribution in [2.24, 2.45) is 56.2 Å². The molecule has 5 saturated carbocycles.